The average molecular weight is 294 g/mol. The van der Waals surface area contributed by atoms with Gasteiger partial charge < -0.3 is 20.5 Å². The molecule has 21 heavy (non-hydrogen) atoms. The van der Waals surface area contributed by atoms with Crippen molar-refractivity contribution in [3.8, 4) is 5.88 Å². The Kier molecular flexibility index (Phi) is 5.61. The smallest absolute Gasteiger partial charge is 0.242 e. The molecule has 1 aromatic rings. The standard InChI is InChI=1S/C15H26N4O2/c1-4-8-21-15-12(16)14(17-10(3)5-2)18-13(19-15)11-7-6-9-20-11/h10-11H,4-9,16H2,1-3H3,(H,17,18,19). The Morgan fingerprint density at radius 2 is 2.24 bits per heavy atom. The third kappa shape index (κ3) is 3.97. The van der Waals surface area contributed by atoms with Crippen molar-refractivity contribution in [2.24, 2.45) is 0 Å². The molecule has 6 nitrogen and oxygen atoms in total. The summed E-state index contributed by atoms with van der Waals surface area (Å²) in [6.07, 6.45) is 3.83. The second-order valence-electron chi connectivity index (χ2n) is 5.45. The van der Waals surface area contributed by atoms with Crippen molar-refractivity contribution in [3.63, 3.8) is 0 Å². The third-order valence-corrected chi connectivity index (χ3v) is 3.58. The molecule has 2 unspecified atom stereocenters. The first-order chi connectivity index (χ1) is 10.2. The molecule has 2 heterocycles. The number of hydrogen-bond donors (Lipinski definition) is 2. The number of anilines is 2. The number of hydrogen-bond acceptors (Lipinski definition) is 6. The van der Waals surface area contributed by atoms with Crippen LogP contribution in [0.4, 0.5) is 11.5 Å². The minimum Gasteiger partial charge on any atom is -0.476 e. The number of nitrogens with two attached hydrogens (primary N) is 1. The van der Waals surface area contributed by atoms with Crippen LogP contribution in [0.25, 0.3) is 0 Å². The lowest BCUT2D eigenvalue weighted by atomic mass is 10.2. The normalized spacial score (nSPS) is 19.5. The topological polar surface area (TPSA) is 82.3 Å². The van der Waals surface area contributed by atoms with Crippen LogP contribution in [-0.4, -0.2) is 29.2 Å². The fourth-order valence-electron chi connectivity index (χ4n) is 2.14. The highest BCUT2D eigenvalue weighted by molar-refractivity contribution is 5.67. The van der Waals surface area contributed by atoms with Gasteiger partial charge in [0.25, 0.3) is 0 Å². The number of nitrogens with one attached hydrogen (secondary N) is 1. The van der Waals surface area contributed by atoms with Gasteiger partial charge >= 0.3 is 0 Å². The molecule has 0 bridgehead atoms. The van der Waals surface area contributed by atoms with Gasteiger partial charge in [0.15, 0.2) is 11.6 Å². The van der Waals surface area contributed by atoms with Crippen LogP contribution in [0.2, 0.25) is 0 Å². The molecule has 0 spiro atoms. The number of ether oxygens (including phenoxy) is 2. The van der Waals surface area contributed by atoms with Gasteiger partial charge in [-0.3, -0.25) is 0 Å². The van der Waals surface area contributed by atoms with Gasteiger partial charge in [-0.25, -0.2) is 4.98 Å². The Bertz CT molecular complexity index is 461. The summed E-state index contributed by atoms with van der Waals surface area (Å²) in [5, 5.41) is 3.33. The molecule has 0 saturated carbocycles. The van der Waals surface area contributed by atoms with E-state index in [4.69, 9.17) is 15.2 Å². The van der Waals surface area contributed by atoms with Crippen molar-refractivity contribution in [3.05, 3.63) is 5.82 Å². The summed E-state index contributed by atoms with van der Waals surface area (Å²) >= 11 is 0. The molecule has 0 aromatic carbocycles. The minimum atomic E-state index is -0.0490. The monoisotopic (exact) mass is 294 g/mol. The van der Waals surface area contributed by atoms with Gasteiger partial charge in [0.2, 0.25) is 5.88 Å². The highest BCUT2D eigenvalue weighted by Crippen LogP contribution is 2.33. The fourth-order valence-corrected chi connectivity index (χ4v) is 2.14. The SMILES string of the molecule is CCCOc1nc(C2CCCO2)nc(NC(C)CC)c1N. The summed E-state index contributed by atoms with van der Waals surface area (Å²) in [6.45, 7) is 7.62. The highest BCUT2D eigenvalue weighted by Gasteiger charge is 2.24. The Labute approximate surface area is 126 Å². The lowest BCUT2D eigenvalue weighted by Gasteiger charge is -2.18. The first-order valence-electron chi connectivity index (χ1n) is 7.84. The van der Waals surface area contributed by atoms with Crippen molar-refractivity contribution in [1.29, 1.82) is 0 Å². The Morgan fingerprint density at radius 1 is 1.43 bits per heavy atom. The lowest BCUT2D eigenvalue weighted by molar-refractivity contribution is 0.104. The van der Waals surface area contributed by atoms with Crippen LogP contribution in [0.3, 0.4) is 0 Å². The summed E-state index contributed by atoms with van der Waals surface area (Å²) in [5.41, 5.74) is 6.62. The summed E-state index contributed by atoms with van der Waals surface area (Å²) < 4.78 is 11.3. The molecule has 2 atom stereocenters. The highest BCUT2D eigenvalue weighted by atomic mass is 16.5. The van der Waals surface area contributed by atoms with E-state index in [0.717, 1.165) is 32.3 Å². The summed E-state index contributed by atoms with van der Waals surface area (Å²) in [4.78, 5) is 9.02. The maximum Gasteiger partial charge on any atom is 0.242 e. The summed E-state index contributed by atoms with van der Waals surface area (Å²) in [6, 6.07) is 0.290. The quantitative estimate of drug-likeness (QED) is 0.804. The van der Waals surface area contributed by atoms with Crippen molar-refractivity contribution in [1.82, 2.24) is 9.97 Å². The van der Waals surface area contributed by atoms with Gasteiger partial charge in [-0.05, 0) is 32.6 Å². The van der Waals surface area contributed by atoms with Crippen LogP contribution in [0.1, 0.15) is 58.4 Å². The minimum absolute atomic E-state index is 0.0490. The molecule has 118 valence electrons. The van der Waals surface area contributed by atoms with Crippen LogP contribution in [0, 0.1) is 0 Å². The first kappa shape index (κ1) is 15.8. The fraction of sp³-hybridized carbons (Fsp3) is 0.733. The van der Waals surface area contributed by atoms with E-state index in [0.29, 0.717) is 35.9 Å². The molecule has 0 amide bonds. The molecule has 1 aliphatic rings. The Balaban J connectivity index is 2.29. The van der Waals surface area contributed by atoms with Gasteiger partial charge in [-0.15, -0.1) is 0 Å². The second kappa shape index (κ2) is 7.45. The van der Waals surface area contributed by atoms with E-state index >= 15 is 0 Å². The van der Waals surface area contributed by atoms with Crippen LogP contribution in [0.5, 0.6) is 5.88 Å². The molecular formula is C15H26N4O2. The predicted molar refractivity (Wildman–Crippen MR) is 83.5 cm³/mol. The van der Waals surface area contributed by atoms with Gasteiger partial charge in [-0.1, -0.05) is 13.8 Å². The van der Waals surface area contributed by atoms with Gasteiger partial charge in [0.05, 0.1) is 6.61 Å². The molecule has 1 saturated heterocycles. The van der Waals surface area contributed by atoms with Crippen molar-refractivity contribution >= 4 is 11.5 Å². The Morgan fingerprint density at radius 3 is 2.86 bits per heavy atom. The van der Waals surface area contributed by atoms with Crippen molar-refractivity contribution in [2.75, 3.05) is 24.3 Å². The zero-order valence-corrected chi connectivity index (χ0v) is 13.2. The zero-order valence-electron chi connectivity index (χ0n) is 13.2. The first-order valence-corrected chi connectivity index (χ1v) is 7.84. The lowest BCUT2D eigenvalue weighted by Crippen LogP contribution is -2.18. The van der Waals surface area contributed by atoms with E-state index < -0.39 is 0 Å². The largest absolute Gasteiger partial charge is 0.476 e. The predicted octanol–water partition coefficient (Wildman–Crippen LogP) is 2.91. The molecule has 1 aliphatic heterocycles. The summed E-state index contributed by atoms with van der Waals surface area (Å²) in [7, 11) is 0. The van der Waals surface area contributed by atoms with Crippen LogP contribution < -0.4 is 15.8 Å². The number of rotatable bonds is 7. The van der Waals surface area contributed by atoms with Crippen molar-refractivity contribution in [2.45, 2.75) is 58.6 Å². The van der Waals surface area contributed by atoms with Gasteiger partial charge in [0, 0.05) is 12.6 Å². The van der Waals surface area contributed by atoms with E-state index in [1.807, 2.05) is 0 Å². The molecule has 0 radical (unpaired) electrons. The third-order valence-electron chi connectivity index (χ3n) is 3.58. The molecule has 3 N–H and O–H groups in total. The van der Waals surface area contributed by atoms with Crippen LogP contribution in [-0.2, 0) is 4.74 Å². The molecule has 0 aliphatic carbocycles. The molecule has 6 heteroatoms. The average Bonchev–Trinajstić information content (AvgIpc) is 3.02. The molecule has 1 aromatic heterocycles. The molecular weight excluding hydrogens is 268 g/mol. The number of nitrogens with zero attached hydrogens (tertiary/aromatic N) is 2. The van der Waals surface area contributed by atoms with E-state index in [2.05, 4.69) is 36.1 Å². The zero-order chi connectivity index (χ0) is 15.2. The maximum absolute atomic E-state index is 6.14. The Hall–Kier alpha value is -1.56. The van der Waals surface area contributed by atoms with E-state index in [1.165, 1.54) is 0 Å². The van der Waals surface area contributed by atoms with Gasteiger partial charge in [-0.2, -0.15) is 4.98 Å². The maximum atomic E-state index is 6.14. The second-order valence-corrected chi connectivity index (χ2v) is 5.45. The number of aromatic nitrogens is 2. The van der Waals surface area contributed by atoms with Crippen LogP contribution in [0.15, 0.2) is 0 Å². The van der Waals surface area contributed by atoms with E-state index in [-0.39, 0.29) is 6.10 Å². The summed E-state index contributed by atoms with van der Waals surface area (Å²) in [5.74, 6) is 1.78. The van der Waals surface area contributed by atoms with Crippen molar-refractivity contribution < 1.29 is 9.47 Å². The van der Waals surface area contributed by atoms with E-state index in [9.17, 15) is 0 Å². The number of nitrogen functional groups attached to an aromatic ring is 1. The van der Waals surface area contributed by atoms with Crippen LogP contribution >= 0.6 is 0 Å². The van der Waals surface area contributed by atoms with E-state index in [1.54, 1.807) is 0 Å². The molecule has 1 fully saturated rings. The van der Waals surface area contributed by atoms with Gasteiger partial charge in [0.1, 0.15) is 11.8 Å². The molecule has 2 rings (SSSR count).